The van der Waals surface area contributed by atoms with E-state index >= 15 is 0 Å². The van der Waals surface area contributed by atoms with Gasteiger partial charge in [-0.1, -0.05) is 30.0 Å². The maximum absolute atomic E-state index is 11.5. The van der Waals surface area contributed by atoms with Crippen LogP contribution in [0.4, 0.5) is 10.5 Å². The number of nitrogens with one attached hydrogen (secondary N) is 2. The van der Waals surface area contributed by atoms with Gasteiger partial charge in [-0.05, 0) is 38.1 Å². The normalized spacial score (nSPS) is 14.5. The van der Waals surface area contributed by atoms with Crippen LogP contribution >= 0.6 is 0 Å². The summed E-state index contributed by atoms with van der Waals surface area (Å²) in [5.74, 6) is 6.05. The molecule has 100 valence electrons. The molecule has 0 aromatic heterocycles. The lowest BCUT2D eigenvalue weighted by molar-refractivity contribution is 0.253. The number of likely N-dealkylation sites (tertiary alicyclic amines) is 1. The largest absolute Gasteiger partial charge is 0.327 e. The quantitative estimate of drug-likeness (QED) is 0.812. The van der Waals surface area contributed by atoms with E-state index in [0.29, 0.717) is 6.54 Å². The first-order valence-electron chi connectivity index (χ1n) is 6.62. The van der Waals surface area contributed by atoms with Gasteiger partial charge in [-0.2, -0.15) is 0 Å². The van der Waals surface area contributed by atoms with E-state index in [1.165, 1.54) is 12.8 Å². The third-order valence-electron chi connectivity index (χ3n) is 3.00. The standard InChI is InChI=1S/C15H19N3O/c19-15(17-14-8-2-1-3-9-14)16-10-4-5-11-18-12-6-7-13-18/h1-3,8-9H,6-7,10-13H2,(H2,16,17,19). The van der Waals surface area contributed by atoms with Gasteiger partial charge in [-0.25, -0.2) is 4.79 Å². The molecule has 2 rings (SSSR count). The molecular formula is C15H19N3O. The minimum absolute atomic E-state index is 0.221. The molecule has 1 heterocycles. The molecule has 2 amide bonds. The molecular weight excluding hydrogens is 238 g/mol. The summed E-state index contributed by atoms with van der Waals surface area (Å²) in [7, 11) is 0. The lowest BCUT2D eigenvalue weighted by Gasteiger charge is -2.08. The molecule has 1 fully saturated rings. The number of hydrogen-bond acceptors (Lipinski definition) is 2. The molecule has 4 heteroatoms. The van der Waals surface area contributed by atoms with Crippen molar-refractivity contribution in [3.8, 4) is 11.8 Å². The minimum atomic E-state index is -0.221. The fraction of sp³-hybridized carbons (Fsp3) is 0.400. The van der Waals surface area contributed by atoms with Gasteiger partial charge < -0.3 is 10.6 Å². The average Bonchev–Trinajstić information content (AvgIpc) is 2.92. The van der Waals surface area contributed by atoms with Gasteiger partial charge in [0, 0.05) is 5.69 Å². The third kappa shape index (κ3) is 5.02. The summed E-state index contributed by atoms with van der Waals surface area (Å²) in [5, 5.41) is 5.46. The van der Waals surface area contributed by atoms with Crippen LogP contribution in [0.1, 0.15) is 12.8 Å². The molecule has 2 N–H and O–H groups in total. The van der Waals surface area contributed by atoms with Crippen molar-refractivity contribution in [3.05, 3.63) is 30.3 Å². The Labute approximate surface area is 114 Å². The maximum atomic E-state index is 11.5. The SMILES string of the molecule is O=C(NCC#CCN1CCCC1)Nc1ccccc1. The third-order valence-corrected chi connectivity index (χ3v) is 3.00. The molecule has 19 heavy (non-hydrogen) atoms. The van der Waals surface area contributed by atoms with E-state index in [1.54, 1.807) is 0 Å². The summed E-state index contributed by atoms with van der Waals surface area (Å²) >= 11 is 0. The van der Waals surface area contributed by atoms with Crippen LogP contribution in [0.2, 0.25) is 0 Å². The number of carbonyl (C=O) groups is 1. The lowest BCUT2D eigenvalue weighted by atomic mass is 10.3. The summed E-state index contributed by atoms with van der Waals surface area (Å²) in [6.45, 7) is 3.49. The molecule has 0 saturated carbocycles. The van der Waals surface area contributed by atoms with Crippen molar-refractivity contribution in [2.45, 2.75) is 12.8 Å². The molecule has 1 aliphatic heterocycles. The Bertz CT molecular complexity index is 455. The highest BCUT2D eigenvalue weighted by molar-refractivity contribution is 5.89. The highest BCUT2D eigenvalue weighted by Gasteiger charge is 2.08. The second-order valence-electron chi connectivity index (χ2n) is 4.51. The van der Waals surface area contributed by atoms with Crippen LogP contribution in [-0.2, 0) is 0 Å². The zero-order valence-corrected chi connectivity index (χ0v) is 11.0. The zero-order chi connectivity index (χ0) is 13.3. The van der Waals surface area contributed by atoms with Gasteiger partial charge in [-0.15, -0.1) is 0 Å². The van der Waals surface area contributed by atoms with E-state index in [4.69, 9.17) is 0 Å². The first-order valence-corrected chi connectivity index (χ1v) is 6.62. The summed E-state index contributed by atoms with van der Waals surface area (Å²) in [4.78, 5) is 13.9. The van der Waals surface area contributed by atoms with Gasteiger partial charge in [0.1, 0.15) is 0 Å². The Hall–Kier alpha value is -1.99. The fourth-order valence-electron chi connectivity index (χ4n) is 1.99. The Morgan fingerprint density at radius 1 is 1.16 bits per heavy atom. The fourth-order valence-corrected chi connectivity index (χ4v) is 1.99. The molecule has 1 aromatic carbocycles. The van der Waals surface area contributed by atoms with E-state index < -0.39 is 0 Å². The monoisotopic (exact) mass is 257 g/mol. The Balaban J connectivity index is 1.62. The van der Waals surface area contributed by atoms with Crippen LogP contribution in [0.15, 0.2) is 30.3 Å². The zero-order valence-electron chi connectivity index (χ0n) is 11.0. The van der Waals surface area contributed by atoms with E-state index in [-0.39, 0.29) is 6.03 Å². The van der Waals surface area contributed by atoms with Gasteiger partial charge in [0.2, 0.25) is 0 Å². The molecule has 4 nitrogen and oxygen atoms in total. The van der Waals surface area contributed by atoms with Gasteiger partial charge in [0.25, 0.3) is 0 Å². The first kappa shape index (κ1) is 13.4. The molecule has 0 radical (unpaired) electrons. The average molecular weight is 257 g/mol. The van der Waals surface area contributed by atoms with E-state index in [9.17, 15) is 4.79 Å². The van der Waals surface area contributed by atoms with Gasteiger partial charge in [-0.3, -0.25) is 4.90 Å². The Morgan fingerprint density at radius 3 is 2.63 bits per heavy atom. The van der Waals surface area contributed by atoms with Crippen molar-refractivity contribution in [2.24, 2.45) is 0 Å². The van der Waals surface area contributed by atoms with E-state index in [1.807, 2.05) is 30.3 Å². The number of para-hydroxylation sites is 1. The second-order valence-corrected chi connectivity index (χ2v) is 4.51. The molecule has 0 aliphatic carbocycles. The molecule has 0 atom stereocenters. The number of anilines is 1. The maximum Gasteiger partial charge on any atom is 0.319 e. The Kier molecular flexibility index (Phi) is 5.27. The predicted octanol–water partition coefficient (Wildman–Crippen LogP) is 1.91. The summed E-state index contributed by atoms with van der Waals surface area (Å²) in [5.41, 5.74) is 0.782. The topological polar surface area (TPSA) is 44.4 Å². The number of hydrogen-bond donors (Lipinski definition) is 2. The van der Waals surface area contributed by atoms with Crippen molar-refractivity contribution < 1.29 is 4.79 Å². The van der Waals surface area contributed by atoms with Crippen LogP contribution in [0.3, 0.4) is 0 Å². The van der Waals surface area contributed by atoms with Gasteiger partial charge in [0.05, 0.1) is 13.1 Å². The van der Waals surface area contributed by atoms with E-state index in [0.717, 1.165) is 25.3 Å². The number of carbonyl (C=O) groups excluding carboxylic acids is 1. The molecule has 1 aromatic rings. The number of urea groups is 1. The van der Waals surface area contributed by atoms with Crippen LogP contribution in [0.25, 0.3) is 0 Å². The molecule has 0 bridgehead atoms. The van der Waals surface area contributed by atoms with Gasteiger partial charge in [0.15, 0.2) is 0 Å². The van der Waals surface area contributed by atoms with Crippen LogP contribution in [-0.4, -0.2) is 37.1 Å². The Morgan fingerprint density at radius 2 is 1.89 bits per heavy atom. The smallest absolute Gasteiger partial charge is 0.319 e. The number of amides is 2. The summed E-state index contributed by atoms with van der Waals surface area (Å²) < 4.78 is 0. The van der Waals surface area contributed by atoms with Crippen molar-refractivity contribution >= 4 is 11.7 Å². The minimum Gasteiger partial charge on any atom is -0.327 e. The number of rotatable bonds is 3. The summed E-state index contributed by atoms with van der Waals surface area (Å²) in [6.07, 6.45) is 2.55. The molecule has 1 saturated heterocycles. The van der Waals surface area contributed by atoms with Crippen molar-refractivity contribution in [1.82, 2.24) is 10.2 Å². The molecule has 0 unspecified atom stereocenters. The highest BCUT2D eigenvalue weighted by Crippen LogP contribution is 2.05. The predicted molar refractivity (Wildman–Crippen MR) is 76.9 cm³/mol. The van der Waals surface area contributed by atoms with Crippen molar-refractivity contribution in [1.29, 1.82) is 0 Å². The second kappa shape index (κ2) is 7.45. The van der Waals surface area contributed by atoms with Crippen LogP contribution in [0, 0.1) is 11.8 Å². The molecule has 0 spiro atoms. The van der Waals surface area contributed by atoms with E-state index in [2.05, 4.69) is 27.4 Å². The van der Waals surface area contributed by atoms with Crippen molar-refractivity contribution in [3.63, 3.8) is 0 Å². The first-order chi connectivity index (χ1) is 9.34. The van der Waals surface area contributed by atoms with Crippen LogP contribution < -0.4 is 10.6 Å². The van der Waals surface area contributed by atoms with Crippen LogP contribution in [0.5, 0.6) is 0 Å². The molecule has 1 aliphatic rings. The summed E-state index contributed by atoms with van der Waals surface area (Å²) in [6, 6.07) is 9.14. The van der Waals surface area contributed by atoms with Gasteiger partial charge >= 0.3 is 6.03 Å². The number of nitrogens with zero attached hydrogens (tertiary/aromatic N) is 1. The highest BCUT2D eigenvalue weighted by atomic mass is 16.2. The lowest BCUT2D eigenvalue weighted by Crippen LogP contribution is -2.29. The number of benzene rings is 1. The van der Waals surface area contributed by atoms with Crippen molar-refractivity contribution in [2.75, 3.05) is 31.5 Å².